The third-order valence-corrected chi connectivity index (χ3v) is 0.727. The van der Waals surface area contributed by atoms with Crippen molar-refractivity contribution in [3.05, 3.63) is 10.4 Å². The molecule has 2 amide bonds. The summed E-state index contributed by atoms with van der Waals surface area (Å²) in [6, 6.07) is 0. The average Bonchev–Trinajstić information content (AvgIpc) is 1.87. The Bertz CT molecular complexity index is 205. The van der Waals surface area contributed by atoms with Gasteiger partial charge in [0.1, 0.15) is 5.28 Å². The molecule has 0 aromatic heterocycles. The first-order valence-electron chi connectivity index (χ1n) is 2.62. The second-order valence-electron chi connectivity index (χ2n) is 1.59. The summed E-state index contributed by atoms with van der Waals surface area (Å²) in [4.78, 5) is 27.2. The molecule has 0 aliphatic carbocycles. The van der Waals surface area contributed by atoms with Crippen LogP contribution in [0.5, 0.6) is 0 Å². The van der Waals surface area contributed by atoms with E-state index in [9.17, 15) is 9.59 Å². The van der Waals surface area contributed by atoms with Crippen molar-refractivity contribution in [3.8, 4) is 0 Å². The standard InChI is InChI=1S/C4H6N4O3/c1-3(9)8(4(2)10)11-7-6-5/h1-2H3. The van der Waals surface area contributed by atoms with Crippen LogP contribution in [0.15, 0.2) is 5.28 Å². The highest BCUT2D eigenvalue weighted by Crippen LogP contribution is 1.92. The molecule has 0 radical (unpaired) electrons. The molecule has 0 unspecified atom stereocenters. The molecule has 0 spiro atoms. The Kier molecular flexibility index (Phi) is 3.47. The number of amides is 2. The van der Waals surface area contributed by atoms with E-state index in [0.29, 0.717) is 5.06 Å². The van der Waals surface area contributed by atoms with E-state index in [1.807, 2.05) is 0 Å². The van der Waals surface area contributed by atoms with Gasteiger partial charge in [-0.3, -0.25) is 14.5 Å². The van der Waals surface area contributed by atoms with Gasteiger partial charge in [0.2, 0.25) is 0 Å². The zero-order chi connectivity index (χ0) is 8.85. The first kappa shape index (κ1) is 9.25. The highest BCUT2D eigenvalue weighted by molar-refractivity contribution is 5.91. The quantitative estimate of drug-likeness (QED) is 0.254. The lowest BCUT2D eigenvalue weighted by molar-refractivity contribution is -0.193. The molecule has 0 fully saturated rings. The van der Waals surface area contributed by atoms with E-state index >= 15 is 0 Å². The third kappa shape index (κ3) is 3.07. The molecule has 60 valence electrons. The topological polar surface area (TPSA) is 95.4 Å². The highest BCUT2D eigenvalue weighted by atomic mass is 16.8. The van der Waals surface area contributed by atoms with Gasteiger partial charge in [0.25, 0.3) is 11.8 Å². The van der Waals surface area contributed by atoms with Crippen molar-refractivity contribution in [3.63, 3.8) is 0 Å². The van der Waals surface area contributed by atoms with Crippen LogP contribution in [-0.4, -0.2) is 16.9 Å². The Morgan fingerprint density at radius 3 is 2.18 bits per heavy atom. The molecular formula is C4H6N4O3. The fourth-order valence-corrected chi connectivity index (χ4v) is 0.390. The molecule has 0 saturated carbocycles. The van der Waals surface area contributed by atoms with Crippen molar-refractivity contribution in [1.29, 1.82) is 0 Å². The first-order chi connectivity index (χ1) is 5.09. The summed E-state index contributed by atoms with van der Waals surface area (Å²) in [5.74, 6) is -1.30. The fourth-order valence-electron chi connectivity index (χ4n) is 0.390. The maximum atomic E-state index is 10.5. The zero-order valence-electron chi connectivity index (χ0n) is 6.01. The van der Waals surface area contributed by atoms with Crippen molar-refractivity contribution in [2.75, 3.05) is 0 Å². The molecule has 0 aliphatic heterocycles. The van der Waals surface area contributed by atoms with Crippen LogP contribution in [-0.2, 0) is 14.5 Å². The molecule has 0 bridgehead atoms. The number of rotatable bonds is 2. The lowest BCUT2D eigenvalue weighted by Crippen LogP contribution is -2.31. The normalized spacial score (nSPS) is 7.82. The predicted octanol–water partition coefficient (Wildman–Crippen LogP) is 0.538. The zero-order valence-corrected chi connectivity index (χ0v) is 6.01. The predicted molar refractivity (Wildman–Crippen MR) is 33.4 cm³/mol. The monoisotopic (exact) mass is 158 g/mol. The molecule has 0 N–H and O–H groups in total. The van der Waals surface area contributed by atoms with E-state index in [-0.39, 0.29) is 0 Å². The molecule has 0 aromatic rings. The van der Waals surface area contributed by atoms with Gasteiger partial charge in [-0.05, 0) is 5.53 Å². The number of imide groups is 1. The summed E-state index contributed by atoms with van der Waals surface area (Å²) < 4.78 is 0. The van der Waals surface area contributed by atoms with Gasteiger partial charge in [-0.25, -0.2) is 0 Å². The van der Waals surface area contributed by atoms with E-state index in [1.54, 1.807) is 0 Å². The van der Waals surface area contributed by atoms with Gasteiger partial charge in [0, 0.05) is 18.8 Å². The second kappa shape index (κ2) is 4.13. The maximum absolute atomic E-state index is 10.5. The number of hydrogen-bond donors (Lipinski definition) is 0. The summed E-state index contributed by atoms with van der Waals surface area (Å²) in [6.07, 6.45) is 0. The largest absolute Gasteiger partial charge is 0.294 e. The van der Waals surface area contributed by atoms with E-state index < -0.39 is 11.8 Å². The Labute approximate surface area is 62.1 Å². The van der Waals surface area contributed by atoms with E-state index in [0.717, 1.165) is 13.8 Å². The maximum Gasteiger partial charge on any atom is 0.260 e. The molecular weight excluding hydrogens is 152 g/mol. The fraction of sp³-hybridized carbons (Fsp3) is 0.500. The SMILES string of the molecule is CC(=O)N(ON=[N+]=[N-])C(C)=O. The van der Waals surface area contributed by atoms with Crippen LogP contribution < -0.4 is 0 Å². The lowest BCUT2D eigenvalue weighted by atomic mass is 10.6. The number of carbonyl (C=O) groups excluding carboxylic acids is 2. The van der Waals surface area contributed by atoms with Gasteiger partial charge in [0.15, 0.2) is 0 Å². The van der Waals surface area contributed by atoms with Crippen molar-refractivity contribution >= 4 is 11.8 Å². The molecule has 0 atom stereocenters. The smallest absolute Gasteiger partial charge is 0.260 e. The van der Waals surface area contributed by atoms with Crippen LogP contribution in [0.25, 0.3) is 10.4 Å². The molecule has 11 heavy (non-hydrogen) atoms. The average molecular weight is 158 g/mol. The summed E-state index contributed by atoms with van der Waals surface area (Å²) in [7, 11) is 0. The Morgan fingerprint density at radius 1 is 1.45 bits per heavy atom. The number of azide groups is 1. The Hall–Kier alpha value is -1.75. The number of carbonyl (C=O) groups is 2. The van der Waals surface area contributed by atoms with Crippen LogP contribution >= 0.6 is 0 Å². The van der Waals surface area contributed by atoms with Crippen molar-refractivity contribution in [2.24, 2.45) is 5.28 Å². The molecule has 0 aliphatic rings. The summed E-state index contributed by atoms with van der Waals surface area (Å²) in [5.41, 5.74) is 7.76. The Morgan fingerprint density at radius 2 is 1.91 bits per heavy atom. The third-order valence-electron chi connectivity index (χ3n) is 0.727. The van der Waals surface area contributed by atoms with E-state index in [2.05, 4.69) is 15.1 Å². The second-order valence-corrected chi connectivity index (χ2v) is 1.59. The lowest BCUT2D eigenvalue weighted by Gasteiger charge is -2.10. The van der Waals surface area contributed by atoms with Crippen LogP contribution in [0.2, 0.25) is 0 Å². The van der Waals surface area contributed by atoms with Crippen molar-refractivity contribution in [1.82, 2.24) is 5.06 Å². The van der Waals surface area contributed by atoms with Crippen LogP contribution in [0.4, 0.5) is 0 Å². The molecule has 7 nitrogen and oxygen atoms in total. The molecule has 0 aromatic carbocycles. The number of hydrogen-bond acceptors (Lipinski definition) is 4. The summed E-state index contributed by atoms with van der Waals surface area (Å²) in [6.45, 7) is 2.21. The van der Waals surface area contributed by atoms with Gasteiger partial charge in [-0.2, -0.15) is 0 Å². The minimum absolute atomic E-state index is 0.347. The molecule has 0 saturated heterocycles. The van der Waals surface area contributed by atoms with Crippen LogP contribution in [0.1, 0.15) is 13.8 Å². The van der Waals surface area contributed by atoms with Crippen LogP contribution in [0.3, 0.4) is 0 Å². The van der Waals surface area contributed by atoms with Crippen molar-refractivity contribution < 1.29 is 14.5 Å². The number of hydroxylamine groups is 2. The van der Waals surface area contributed by atoms with Gasteiger partial charge in [-0.1, -0.05) is 5.06 Å². The molecule has 0 heterocycles. The minimum Gasteiger partial charge on any atom is -0.294 e. The summed E-state index contributed by atoms with van der Waals surface area (Å²) >= 11 is 0. The van der Waals surface area contributed by atoms with Gasteiger partial charge in [-0.15, -0.1) is 0 Å². The van der Waals surface area contributed by atoms with Gasteiger partial charge >= 0.3 is 0 Å². The highest BCUT2D eigenvalue weighted by Gasteiger charge is 2.13. The summed E-state index contributed by atoms with van der Waals surface area (Å²) in [5, 5.41) is 2.93. The molecule has 7 heteroatoms. The number of nitrogens with zero attached hydrogens (tertiary/aromatic N) is 4. The van der Waals surface area contributed by atoms with Gasteiger partial charge < -0.3 is 0 Å². The molecule has 0 rings (SSSR count). The minimum atomic E-state index is -0.648. The van der Waals surface area contributed by atoms with E-state index in [1.165, 1.54) is 0 Å². The van der Waals surface area contributed by atoms with Crippen molar-refractivity contribution in [2.45, 2.75) is 13.8 Å². The van der Waals surface area contributed by atoms with Crippen LogP contribution in [0, 0.1) is 0 Å². The Balaban J connectivity index is 4.22. The first-order valence-corrected chi connectivity index (χ1v) is 2.62. The van der Waals surface area contributed by atoms with E-state index in [4.69, 9.17) is 5.53 Å². The van der Waals surface area contributed by atoms with Gasteiger partial charge in [0.05, 0.1) is 0 Å².